The van der Waals surface area contributed by atoms with Crippen molar-refractivity contribution in [3.63, 3.8) is 0 Å². The van der Waals surface area contributed by atoms with Crippen LogP contribution in [-0.2, 0) is 4.79 Å². The summed E-state index contributed by atoms with van der Waals surface area (Å²) in [6.45, 7) is 3.58. The van der Waals surface area contributed by atoms with Crippen molar-refractivity contribution in [3.05, 3.63) is 11.6 Å². The van der Waals surface area contributed by atoms with Gasteiger partial charge >= 0.3 is 6.18 Å². The number of amides is 1. The van der Waals surface area contributed by atoms with Crippen LogP contribution in [0, 0.1) is 11.8 Å². The average molecular weight is 270 g/mol. The van der Waals surface area contributed by atoms with Crippen molar-refractivity contribution in [1.82, 2.24) is 5.32 Å². The number of halogens is 4. The first-order valence-electron chi connectivity index (χ1n) is 5.48. The summed E-state index contributed by atoms with van der Waals surface area (Å²) >= 11 is 5.49. The lowest BCUT2D eigenvalue weighted by Gasteiger charge is -2.29. The van der Waals surface area contributed by atoms with E-state index in [4.69, 9.17) is 11.6 Å². The van der Waals surface area contributed by atoms with Crippen molar-refractivity contribution in [2.75, 3.05) is 6.54 Å². The Morgan fingerprint density at radius 2 is 1.82 bits per heavy atom. The summed E-state index contributed by atoms with van der Waals surface area (Å²) in [7, 11) is 0. The van der Waals surface area contributed by atoms with E-state index in [1.807, 2.05) is 0 Å². The van der Waals surface area contributed by atoms with Crippen LogP contribution in [0.15, 0.2) is 11.6 Å². The molecule has 98 valence electrons. The van der Waals surface area contributed by atoms with Crippen LogP contribution in [0.5, 0.6) is 0 Å². The summed E-state index contributed by atoms with van der Waals surface area (Å²) in [5, 5.41) is 2.86. The SMILES string of the molecule is C=C(Cl)CNC(=O)C1CCC(C(F)(F)F)CC1. The predicted octanol–water partition coefficient (Wildman–Crippen LogP) is 3.22. The van der Waals surface area contributed by atoms with Crippen molar-refractivity contribution < 1.29 is 18.0 Å². The Kier molecular flexibility index (Phi) is 4.86. The molecule has 0 aliphatic heterocycles. The second-order valence-electron chi connectivity index (χ2n) is 4.33. The molecular formula is C11H15ClF3NO. The zero-order chi connectivity index (χ0) is 13.1. The molecule has 0 aromatic carbocycles. The summed E-state index contributed by atoms with van der Waals surface area (Å²) in [5.41, 5.74) is 0. The fourth-order valence-corrected chi connectivity index (χ4v) is 2.08. The van der Waals surface area contributed by atoms with Crippen molar-refractivity contribution >= 4 is 17.5 Å². The van der Waals surface area contributed by atoms with E-state index in [2.05, 4.69) is 11.9 Å². The van der Waals surface area contributed by atoms with Gasteiger partial charge in [-0.25, -0.2) is 0 Å². The van der Waals surface area contributed by atoms with Crippen LogP contribution < -0.4 is 5.32 Å². The van der Waals surface area contributed by atoms with Gasteiger partial charge in [0, 0.05) is 11.0 Å². The van der Waals surface area contributed by atoms with Gasteiger partial charge in [0.1, 0.15) is 0 Å². The molecule has 6 heteroatoms. The van der Waals surface area contributed by atoms with Crippen LogP contribution in [0.2, 0.25) is 0 Å². The summed E-state index contributed by atoms with van der Waals surface area (Å²) in [4.78, 5) is 11.6. The maximum atomic E-state index is 12.4. The first-order valence-corrected chi connectivity index (χ1v) is 5.86. The van der Waals surface area contributed by atoms with E-state index in [0.717, 1.165) is 0 Å². The highest BCUT2D eigenvalue weighted by molar-refractivity contribution is 6.29. The van der Waals surface area contributed by atoms with Crippen molar-refractivity contribution in [1.29, 1.82) is 0 Å². The van der Waals surface area contributed by atoms with Gasteiger partial charge in [0.2, 0.25) is 5.91 Å². The van der Waals surface area contributed by atoms with E-state index in [0.29, 0.717) is 5.03 Å². The number of hydrogen-bond donors (Lipinski definition) is 1. The van der Waals surface area contributed by atoms with Gasteiger partial charge in [-0.1, -0.05) is 18.2 Å². The van der Waals surface area contributed by atoms with Crippen LogP contribution >= 0.6 is 11.6 Å². The van der Waals surface area contributed by atoms with E-state index in [1.54, 1.807) is 0 Å². The van der Waals surface area contributed by atoms with Gasteiger partial charge < -0.3 is 5.32 Å². The van der Waals surface area contributed by atoms with Crippen molar-refractivity contribution in [2.45, 2.75) is 31.9 Å². The number of carbonyl (C=O) groups is 1. The Morgan fingerprint density at radius 3 is 2.24 bits per heavy atom. The maximum Gasteiger partial charge on any atom is 0.391 e. The molecule has 0 aromatic rings. The van der Waals surface area contributed by atoms with E-state index < -0.39 is 12.1 Å². The summed E-state index contributed by atoms with van der Waals surface area (Å²) in [6, 6.07) is 0. The lowest BCUT2D eigenvalue weighted by molar-refractivity contribution is -0.184. The number of carbonyl (C=O) groups excluding carboxylic acids is 1. The van der Waals surface area contributed by atoms with Gasteiger partial charge in [0.25, 0.3) is 0 Å². The summed E-state index contributed by atoms with van der Waals surface area (Å²) in [6.07, 6.45) is -3.51. The molecule has 0 atom stereocenters. The Labute approximate surface area is 103 Å². The average Bonchev–Trinajstić information content (AvgIpc) is 2.25. The summed E-state index contributed by atoms with van der Waals surface area (Å²) in [5.74, 6) is -1.81. The molecule has 1 rings (SSSR count). The molecular weight excluding hydrogens is 255 g/mol. The molecule has 0 unspecified atom stereocenters. The Balaban J connectivity index is 2.36. The van der Waals surface area contributed by atoms with Gasteiger partial charge in [0.05, 0.1) is 12.5 Å². The molecule has 1 aliphatic carbocycles. The van der Waals surface area contributed by atoms with Gasteiger partial charge in [-0.3, -0.25) is 4.79 Å². The van der Waals surface area contributed by atoms with Crippen LogP contribution in [-0.4, -0.2) is 18.6 Å². The Hall–Kier alpha value is -0.710. The molecule has 1 aliphatic rings. The molecule has 0 saturated heterocycles. The Morgan fingerprint density at radius 1 is 1.29 bits per heavy atom. The van der Waals surface area contributed by atoms with E-state index in [1.165, 1.54) is 0 Å². The number of rotatable bonds is 3. The molecule has 0 bridgehead atoms. The monoisotopic (exact) mass is 269 g/mol. The van der Waals surface area contributed by atoms with Crippen LogP contribution in [0.4, 0.5) is 13.2 Å². The van der Waals surface area contributed by atoms with Crippen molar-refractivity contribution in [3.8, 4) is 0 Å². The number of alkyl halides is 3. The van der Waals surface area contributed by atoms with E-state index >= 15 is 0 Å². The number of hydrogen-bond acceptors (Lipinski definition) is 1. The molecule has 2 nitrogen and oxygen atoms in total. The standard InChI is InChI=1S/C11H15ClF3NO/c1-7(12)6-16-10(17)8-2-4-9(5-3-8)11(13,14)15/h8-9H,1-6H2,(H,16,17). The first kappa shape index (κ1) is 14.4. The predicted molar refractivity (Wildman–Crippen MR) is 59.5 cm³/mol. The smallest absolute Gasteiger partial charge is 0.351 e. The quantitative estimate of drug-likeness (QED) is 0.837. The second-order valence-corrected chi connectivity index (χ2v) is 4.86. The third kappa shape index (κ3) is 4.58. The molecule has 1 fully saturated rings. The highest BCUT2D eigenvalue weighted by Crippen LogP contribution is 2.39. The topological polar surface area (TPSA) is 29.1 Å². The largest absolute Gasteiger partial charge is 0.391 e. The fraction of sp³-hybridized carbons (Fsp3) is 0.727. The third-order valence-electron chi connectivity index (χ3n) is 3.02. The zero-order valence-electron chi connectivity index (χ0n) is 9.32. The van der Waals surface area contributed by atoms with Crippen LogP contribution in [0.1, 0.15) is 25.7 Å². The molecule has 1 amide bonds. The van der Waals surface area contributed by atoms with E-state index in [-0.39, 0.29) is 44.1 Å². The van der Waals surface area contributed by atoms with E-state index in [9.17, 15) is 18.0 Å². The minimum Gasteiger partial charge on any atom is -0.351 e. The lowest BCUT2D eigenvalue weighted by Crippen LogP contribution is -2.36. The maximum absolute atomic E-state index is 12.4. The molecule has 0 aromatic heterocycles. The first-order chi connectivity index (χ1) is 7.80. The molecule has 0 spiro atoms. The molecule has 0 radical (unpaired) electrons. The highest BCUT2D eigenvalue weighted by atomic mass is 35.5. The fourth-order valence-electron chi connectivity index (χ4n) is 2.01. The molecule has 0 heterocycles. The number of nitrogens with one attached hydrogen (secondary N) is 1. The summed E-state index contributed by atoms with van der Waals surface area (Å²) < 4.78 is 37.2. The molecule has 17 heavy (non-hydrogen) atoms. The van der Waals surface area contributed by atoms with Gasteiger partial charge in [0.15, 0.2) is 0 Å². The van der Waals surface area contributed by atoms with Gasteiger partial charge in [-0.15, -0.1) is 0 Å². The van der Waals surface area contributed by atoms with Gasteiger partial charge in [-0.2, -0.15) is 13.2 Å². The zero-order valence-corrected chi connectivity index (χ0v) is 10.1. The molecule has 1 saturated carbocycles. The third-order valence-corrected chi connectivity index (χ3v) is 3.15. The van der Waals surface area contributed by atoms with Crippen LogP contribution in [0.25, 0.3) is 0 Å². The molecule has 1 N–H and O–H groups in total. The van der Waals surface area contributed by atoms with Crippen molar-refractivity contribution in [2.24, 2.45) is 11.8 Å². The Bertz CT molecular complexity index is 296. The van der Waals surface area contributed by atoms with Gasteiger partial charge in [-0.05, 0) is 25.7 Å². The minimum absolute atomic E-state index is 0.0312. The second kappa shape index (κ2) is 5.76. The highest BCUT2D eigenvalue weighted by Gasteiger charge is 2.42. The van der Waals surface area contributed by atoms with Crippen LogP contribution in [0.3, 0.4) is 0 Å². The minimum atomic E-state index is -4.13. The normalized spacial score (nSPS) is 25.4. The lowest BCUT2D eigenvalue weighted by atomic mass is 9.81.